The minimum Gasteiger partial charge on any atom is -0.368 e. The highest BCUT2D eigenvalue weighted by Gasteiger charge is 2.29. The smallest absolute Gasteiger partial charge is 0.338 e. The first-order valence-electron chi connectivity index (χ1n) is 14.5. The Bertz CT molecular complexity index is 1370. The number of amides is 4. The number of benzene rings is 2. The lowest BCUT2D eigenvalue weighted by atomic mass is 9.99. The zero-order valence-corrected chi connectivity index (χ0v) is 25.3. The number of carbonyl (C=O) groups is 5. The van der Waals surface area contributed by atoms with Crippen LogP contribution in [0, 0.1) is 0 Å². The molecule has 15 heteroatoms. The van der Waals surface area contributed by atoms with Crippen molar-refractivity contribution in [2.75, 3.05) is 13.1 Å². The van der Waals surface area contributed by atoms with E-state index in [0.717, 1.165) is 0 Å². The van der Waals surface area contributed by atoms with Gasteiger partial charge in [0.05, 0.1) is 13.1 Å². The van der Waals surface area contributed by atoms with Crippen molar-refractivity contribution in [2.24, 2.45) is 28.7 Å². The Labute approximate surface area is 261 Å². The van der Waals surface area contributed by atoms with Gasteiger partial charge in [-0.1, -0.05) is 54.6 Å². The highest BCUT2D eigenvalue weighted by atomic mass is 16.2. The first-order valence-corrected chi connectivity index (χ1v) is 14.5. The minimum atomic E-state index is -1.12. The fourth-order valence-electron chi connectivity index (χ4n) is 4.41. The van der Waals surface area contributed by atoms with Gasteiger partial charge in [-0.15, -0.1) is 0 Å². The Hall–Kier alpha value is -5.47. The Kier molecular flexibility index (Phi) is 14.5. The van der Waals surface area contributed by atoms with Gasteiger partial charge >= 0.3 is 11.9 Å². The minimum absolute atomic E-state index is 0.00000850. The molecule has 0 unspecified atom stereocenters. The maximum absolute atomic E-state index is 13.4. The van der Waals surface area contributed by atoms with Gasteiger partial charge in [-0.05, 0) is 31.2 Å². The lowest BCUT2D eigenvalue weighted by Gasteiger charge is -2.24. The second-order valence-corrected chi connectivity index (χ2v) is 10.4. The number of ketones is 1. The SMILES string of the molecule is CC(=O)N[C@H](CCC[NH+]=C(N)N)C(=O)N[C@@H](CCC[NH+]=C(N)N)C(=O)N[C@@H](Cc1ccc(C(=O)c2ccccc2)cc1)C(N)=O. The van der Waals surface area contributed by atoms with Crippen molar-refractivity contribution in [3.05, 3.63) is 71.3 Å². The van der Waals surface area contributed by atoms with Crippen molar-refractivity contribution in [1.82, 2.24) is 16.0 Å². The number of nitrogens with two attached hydrogens (primary N) is 5. The summed E-state index contributed by atoms with van der Waals surface area (Å²) in [5.74, 6) is -2.60. The molecular weight excluding hydrogens is 580 g/mol. The molecule has 45 heavy (non-hydrogen) atoms. The van der Waals surface area contributed by atoms with Gasteiger partial charge in [0.2, 0.25) is 23.6 Å². The largest absolute Gasteiger partial charge is 0.368 e. The molecule has 3 atom stereocenters. The normalized spacial score (nSPS) is 12.5. The molecule has 2 rings (SSSR count). The van der Waals surface area contributed by atoms with Gasteiger partial charge in [0.1, 0.15) is 18.1 Å². The fourth-order valence-corrected chi connectivity index (χ4v) is 4.41. The molecule has 0 saturated carbocycles. The molecule has 0 aliphatic heterocycles. The van der Waals surface area contributed by atoms with Gasteiger partial charge in [0.15, 0.2) is 5.78 Å². The van der Waals surface area contributed by atoms with Crippen LogP contribution in [0.4, 0.5) is 0 Å². The first kappa shape index (κ1) is 35.7. The van der Waals surface area contributed by atoms with E-state index in [1.165, 1.54) is 6.92 Å². The molecule has 15 nitrogen and oxygen atoms in total. The molecule has 0 saturated heterocycles. The van der Waals surface area contributed by atoms with Crippen molar-refractivity contribution in [3.63, 3.8) is 0 Å². The van der Waals surface area contributed by atoms with E-state index in [9.17, 15) is 24.0 Å². The number of hydrogen-bond acceptors (Lipinski definition) is 5. The van der Waals surface area contributed by atoms with Crippen LogP contribution in [0.5, 0.6) is 0 Å². The van der Waals surface area contributed by atoms with Crippen LogP contribution >= 0.6 is 0 Å². The van der Waals surface area contributed by atoms with Crippen LogP contribution in [0.1, 0.15) is 54.1 Å². The van der Waals surface area contributed by atoms with Crippen molar-refractivity contribution in [3.8, 4) is 0 Å². The molecule has 0 bridgehead atoms. The Morgan fingerprint density at radius 2 is 1.11 bits per heavy atom. The molecule has 0 spiro atoms. The topological polar surface area (TPSA) is 279 Å². The zero-order valence-electron chi connectivity index (χ0n) is 25.3. The van der Waals surface area contributed by atoms with Crippen LogP contribution in [-0.4, -0.2) is 72.5 Å². The molecule has 0 radical (unpaired) electrons. The molecule has 4 amide bonds. The Morgan fingerprint density at radius 3 is 1.58 bits per heavy atom. The summed E-state index contributed by atoms with van der Waals surface area (Å²) in [5.41, 5.74) is 29.0. The van der Waals surface area contributed by atoms with Gasteiger partial charge in [0.25, 0.3) is 0 Å². The summed E-state index contributed by atoms with van der Waals surface area (Å²) in [6.45, 7) is 1.95. The third-order valence-electron chi connectivity index (χ3n) is 6.68. The van der Waals surface area contributed by atoms with Crippen LogP contribution in [-0.2, 0) is 25.6 Å². The summed E-state index contributed by atoms with van der Waals surface area (Å²) in [4.78, 5) is 69.0. The second-order valence-electron chi connectivity index (χ2n) is 10.4. The van der Waals surface area contributed by atoms with Crippen molar-refractivity contribution in [2.45, 2.75) is 57.2 Å². The van der Waals surface area contributed by atoms with Gasteiger partial charge in [0, 0.05) is 24.5 Å². The van der Waals surface area contributed by atoms with E-state index in [4.69, 9.17) is 28.7 Å². The average molecular weight is 625 g/mol. The lowest BCUT2D eigenvalue weighted by Crippen LogP contribution is -2.78. The number of rotatable bonds is 18. The number of hydrogen-bond donors (Lipinski definition) is 10. The first-order chi connectivity index (χ1) is 21.4. The van der Waals surface area contributed by atoms with Crippen LogP contribution in [0.25, 0.3) is 0 Å². The standard InChI is InChI=1S/C30H42N10O5/c1-18(41)38-22(9-5-15-36-29(32)33)27(44)39-23(10-6-16-37-30(34)35)28(45)40-24(26(31)43)17-19-11-13-21(14-12-19)25(42)20-7-3-2-4-8-20/h2-4,7-8,11-14,22-24H,5-6,9-10,15-17H2,1H3,(H2,31,43)(H,38,41)(H,39,44)(H,40,45)(H4,32,33,36)(H4,34,35,37)/p+2/t22-,23+,24+/m1/s1. The van der Waals surface area contributed by atoms with Gasteiger partial charge in [-0.3, -0.25) is 56.9 Å². The molecule has 0 heterocycles. The third kappa shape index (κ3) is 13.1. The summed E-state index contributed by atoms with van der Waals surface area (Å²) >= 11 is 0. The number of primary amides is 1. The molecule has 2 aromatic carbocycles. The van der Waals surface area contributed by atoms with Crippen molar-refractivity contribution < 1.29 is 34.0 Å². The maximum atomic E-state index is 13.4. The summed E-state index contributed by atoms with van der Waals surface area (Å²) in [6.07, 6.45) is 1.22. The van der Waals surface area contributed by atoms with Crippen LogP contribution in [0.3, 0.4) is 0 Å². The molecule has 242 valence electrons. The van der Waals surface area contributed by atoms with E-state index in [2.05, 4.69) is 25.9 Å². The van der Waals surface area contributed by atoms with Crippen LogP contribution in [0.2, 0.25) is 0 Å². The molecular formula is C30H44N10O5+2. The fraction of sp³-hybridized carbons (Fsp3) is 0.367. The monoisotopic (exact) mass is 624 g/mol. The summed E-state index contributed by atoms with van der Waals surface area (Å²) in [5, 5.41) is 7.89. The molecule has 0 aliphatic carbocycles. The molecule has 0 aromatic heterocycles. The summed E-state index contributed by atoms with van der Waals surface area (Å²) < 4.78 is 0. The highest BCUT2D eigenvalue weighted by molar-refractivity contribution is 6.09. The van der Waals surface area contributed by atoms with E-state index in [1.807, 2.05) is 6.07 Å². The quantitative estimate of drug-likeness (QED) is 0.0328. The molecule has 2 aromatic rings. The van der Waals surface area contributed by atoms with E-state index in [1.54, 1.807) is 48.5 Å². The number of nitrogens with one attached hydrogen (secondary N) is 5. The molecule has 15 N–H and O–H groups in total. The zero-order chi connectivity index (χ0) is 33.4. The van der Waals surface area contributed by atoms with Crippen molar-refractivity contribution >= 4 is 41.3 Å². The molecule has 0 fully saturated rings. The summed E-state index contributed by atoms with van der Waals surface area (Å²) in [7, 11) is 0. The predicted octanol–water partition coefficient (Wildman–Crippen LogP) is -5.31. The van der Waals surface area contributed by atoms with E-state index in [-0.39, 0.29) is 37.0 Å². The third-order valence-corrected chi connectivity index (χ3v) is 6.68. The van der Waals surface area contributed by atoms with E-state index < -0.39 is 41.8 Å². The highest BCUT2D eigenvalue weighted by Crippen LogP contribution is 2.13. The predicted molar refractivity (Wildman–Crippen MR) is 168 cm³/mol. The second kappa shape index (κ2) is 18.3. The van der Waals surface area contributed by atoms with Crippen LogP contribution in [0.15, 0.2) is 54.6 Å². The number of carbonyl (C=O) groups excluding carboxylic acids is 5. The van der Waals surface area contributed by atoms with Gasteiger partial charge in [-0.25, -0.2) is 0 Å². The maximum Gasteiger partial charge on any atom is 0.338 e. The van der Waals surface area contributed by atoms with Gasteiger partial charge in [-0.2, -0.15) is 0 Å². The van der Waals surface area contributed by atoms with Crippen LogP contribution < -0.4 is 54.6 Å². The number of guanidine groups is 2. The Morgan fingerprint density at radius 1 is 0.644 bits per heavy atom. The lowest BCUT2D eigenvalue weighted by molar-refractivity contribution is -0.460. The molecule has 0 aliphatic rings. The average Bonchev–Trinajstić information content (AvgIpc) is 2.99. The van der Waals surface area contributed by atoms with Crippen molar-refractivity contribution in [1.29, 1.82) is 0 Å². The van der Waals surface area contributed by atoms with E-state index in [0.29, 0.717) is 42.6 Å². The Balaban J connectivity index is 2.16. The van der Waals surface area contributed by atoms with Gasteiger partial charge < -0.3 is 21.7 Å². The van der Waals surface area contributed by atoms with E-state index >= 15 is 0 Å². The summed E-state index contributed by atoms with van der Waals surface area (Å²) in [6, 6.07) is 12.3.